The molecule has 28 heavy (non-hydrogen) atoms. The highest BCUT2D eigenvalue weighted by Gasteiger charge is 2.19. The summed E-state index contributed by atoms with van der Waals surface area (Å²) in [7, 11) is 1.45. The van der Waals surface area contributed by atoms with Crippen LogP contribution in [0.25, 0.3) is 33.4 Å². The number of hydrogen-bond acceptors (Lipinski definition) is 5. The van der Waals surface area contributed by atoms with Crippen molar-refractivity contribution in [3.63, 3.8) is 0 Å². The molecule has 0 amide bonds. The standard InChI is InChI=1S/C20H16F2N4O2/c1-28-17-8-15-13(7-16(17)27)20(24-11-23-15)14-9-26(10-18(21)22)25-19(14)12-5-3-2-4-6-12/h2-9,11,18,27H,10H2,1H3. The summed E-state index contributed by atoms with van der Waals surface area (Å²) in [5.74, 6) is 0.223. The fourth-order valence-electron chi connectivity index (χ4n) is 3.09. The van der Waals surface area contributed by atoms with Gasteiger partial charge in [0.2, 0.25) is 0 Å². The third-order valence-electron chi connectivity index (χ3n) is 4.33. The number of phenolic OH excluding ortho intramolecular Hbond substituents is 1. The van der Waals surface area contributed by atoms with Gasteiger partial charge in [-0.2, -0.15) is 5.10 Å². The zero-order valence-electron chi connectivity index (χ0n) is 14.9. The predicted molar refractivity (Wildman–Crippen MR) is 100 cm³/mol. The van der Waals surface area contributed by atoms with E-state index in [0.717, 1.165) is 5.56 Å². The van der Waals surface area contributed by atoms with Crippen molar-refractivity contribution >= 4 is 10.9 Å². The Labute approximate surface area is 159 Å². The molecule has 2 aromatic heterocycles. The number of halogens is 2. The van der Waals surface area contributed by atoms with Crippen molar-refractivity contribution in [3.8, 4) is 34.0 Å². The number of aromatic hydroxyl groups is 1. The number of aromatic nitrogens is 4. The molecule has 0 saturated carbocycles. The SMILES string of the molecule is COc1cc2ncnc(-c3cn(CC(F)F)nc3-c3ccccc3)c2cc1O. The van der Waals surface area contributed by atoms with Gasteiger partial charge in [0.05, 0.1) is 18.3 Å². The molecule has 6 nitrogen and oxygen atoms in total. The maximum Gasteiger partial charge on any atom is 0.257 e. The molecule has 142 valence electrons. The van der Waals surface area contributed by atoms with Crippen LogP contribution in [0.5, 0.6) is 11.5 Å². The zero-order valence-corrected chi connectivity index (χ0v) is 14.9. The molecule has 0 unspecified atom stereocenters. The second kappa shape index (κ2) is 7.22. The lowest BCUT2D eigenvalue weighted by Crippen LogP contribution is -2.06. The number of methoxy groups -OCH3 is 1. The lowest BCUT2D eigenvalue weighted by Gasteiger charge is -2.08. The minimum Gasteiger partial charge on any atom is -0.504 e. The lowest BCUT2D eigenvalue weighted by molar-refractivity contribution is 0.122. The maximum absolute atomic E-state index is 12.9. The molecule has 0 spiro atoms. The highest BCUT2D eigenvalue weighted by molar-refractivity contribution is 5.97. The number of alkyl halides is 2. The lowest BCUT2D eigenvalue weighted by atomic mass is 10.0. The molecule has 2 aromatic carbocycles. The van der Waals surface area contributed by atoms with Crippen LogP contribution in [-0.4, -0.2) is 38.4 Å². The third-order valence-corrected chi connectivity index (χ3v) is 4.33. The van der Waals surface area contributed by atoms with Crippen molar-refractivity contribution in [2.45, 2.75) is 13.0 Å². The molecular formula is C20H16F2N4O2. The van der Waals surface area contributed by atoms with Crippen molar-refractivity contribution in [1.82, 2.24) is 19.7 Å². The molecule has 0 bridgehead atoms. The molecule has 4 rings (SSSR count). The second-order valence-electron chi connectivity index (χ2n) is 6.13. The fourth-order valence-corrected chi connectivity index (χ4v) is 3.09. The average molecular weight is 382 g/mol. The maximum atomic E-state index is 12.9. The van der Waals surface area contributed by atoms with E-state index in [1.807, 2.05) is 30.3 Å². The van der Waals surface area contributed by atoms with E-state index in [1.54, 1.807) is 6.07 Å². The summed E-state index contributed by atoms with van der Waals surface area (Å²) in [6.45, 7) is -0.526. The molecule has 8 heteroatoms. The van der Waals surface area contributed by atoms with Gasteiger partial charge in [0.15, 0.2) is 11.5 Å². The minimum atomic E-state index is -2.54. The Kier molecular flexibility index (Phi) is 4.60. The van der Waals surface area contributed by atoms with E-state index in [-0.39, 0.29) is 11.5 Å². The van der Waals surface area contributed by atoms with Crippen LogP contribution in [0.2, 0.25) is 0 Å². The van der Waals surface area contributed by atoms with Crippen LogP contribution in [0, 0.1) is 0 Å². The minimum absolute atomic E-state index is 0.0627. The van der Waals surface area contributed by atoms with Crippen LogP contribution in [0.15, 0.2) is 55.0 Å². The molecule has 0 aliphatic heterocycles. The number of ether oxygens (including phenoxy) is 1. The Balaban J connectivity index is 1.96. The first-order chi connectivity index (χ1) is 13.6. The molecule has 2 heterocycles. The van der Waals surface area contributed by atoms with Crippen molar-refractivity contribution in [2.24, 2.45) is 0 Å². The molecule has 0 atom stereocenters. The summed E-state index contributed by atoms with van der Waals surface area (Å²) in [6, 6.07) is 12.4. The summed E-state index contributed by atoms with van der Waals surface area (Å²) in [5, 5.41) is 15.1. The molecule has 0 radical (unpaired) electrons. The number of hydrogen-bond donors (Lipinski definition) is 1. The highest BCUT2D eigenvalue weighted by atomic mass is 19.3. The van der Waals surface area contributed by atoms with Gasteiger partial charge in [-0.15, -0.1) is 0 Å². The first-order valence-corrected chi connectivity index (χ1v) is 8.50. The van der Waals surface area contributed by atoms with Crippen molar-refractivity contribution in [3.05, 3.63) is 55.0 Å². The van der Waals surface area contributed by atoms with E-state index in [1.165, 1.54) is 30.4 Å². The van der Waals surface area contributed by atoms with E-state index >= 15 is 0 Å². The summed E-state index contributed by atoms with van der Waals surface area (Å²) in [4.78, 5) is 8.57. The van der Waals surface area contributed by atoms with Gasteiger partial charge < -0.3 is 9.84 Å². The molecule has 0 fully saturated rings. The van der Waals surface area contributed by atoms with Gasteiger partial charge >= 0.3 is 0 Å². The Bertz CT molecular complexity index is 1130. The number of fused-ring (bicyclic) bond motifs is 1. The van der Waals surface area contributed by atoms with Gasteiger partial charge in [-0.05, 0) is 6.07 Å². The molecular weight excluding hydrogens is 366 g/mol. The first kappa shape index (κ1) is 17.8. The topological polar surface area (TPSA) is 73.1 Å². The van der Waals surface area contributed by atoms with Gasteiger partial charge in [0, 0.05) is 28.8 Å². The Morgan fingerprint density at radius 2 is 1.89 bits per heavy atom. The first-order valence-electron chi connectivity index (χ1n) is 8.50. The summed E-state index contributed by atoms with van der Waals surface area (Å²) < 4.78 is 32.2. The largest absolute Gasteiger partial charge is 0.504 e. The van der Waals surface area contributed by atoms with Crippen molar-refractivity contribution in [1.29, 1.82) is 0 Å². The van der Waals surface area contributed by atoms with Crippen LogP contribution in [0.1, 0.15) is 0 Å². The molecule has 1 N–H and O–H groups in total. The fraction of sp³-hybridized carbons (Fsp3) is 0.150. The summed E-state index contributed by atoms with van der Waals surface area (Å²) in [5.41, 5.74) is 2.91. The van der Waals surface area contributed by atoms with Crippen LogP contribution in [-0.2, 0) is 6.54 Å². The number of phenols is 1. The molecule has 0 saturated heterocycles. The monoisotopic (exact) mass is 382 g/mol. The van der Waals surface area contributed by atoms with Crippen LogP contribution < -0.4 is 4.74 Å². The highest BCUT2D eigenvalue weighted by Crippen LogP contribution is 2.37. The second-order valence-corrected chi connectivity index (χ2v) is 6.13. The molecule has 0 aliphatic rings. The number of rotatable bonds is 5. The molecule has 0 aliphatic carbocycles. The molecule has 4 aromatic rings. The van der Waals surface area contributed by atoms with Gasteiger partial charge in [-0.25, -0.2) is 18.7 Å². The quantitative estimate of drug-likeness (QED) is 0.562. The van der Waals surface area contributed by atoms with E-state index in [9.17, 15) is 13.9 Å². The normalized spacial score (nSPS) is 11.3. The smallest absolute Gasteiger partial charge is 0.257 e. The van der Waals surface area contributed by atoms with E-state index in [2.05, 4.69) is 15.1 Å². The summed E-state index contributed by atoms with van der Waals surface area (Å²) in [6.07, 6.45) is 0.386. The van der Waals surface area contributed by atoms with Crippen LogP contribution in [0.4, 0.5) is 8.78 Å². The van der Waals surface area contributed by atoms with Gasteiger partial charge in [-0.1, -0.05) is 30.3 Å². The Morgan fingerprint density at radius 1 is 1.11 bits per heavy atom. The van der Waals surface area contributed by atoms with Crippen molar-refractivity contribution in [2.75, 3.05) is 7.11 Å². The van der Waals surface area contributed by atoms with Crippen molar-refractivity contribution < 1.29 is 18.6 Å². The van der Waals surface area contributed by atoms with Gasteiger partial charge in [-0.3, -0.25) is 4.68 Å². The Morgan fingerprint density at radius 3 is 2.61 bits per heavy atom. The van der Waals surface area contributed by atoms with E-state index < -0.39 is 13.0 Å². The van der Waals surface area contributed by atoms with Gasteiger partial charge in [0.1, 0.15) is 18.6 Å². The summed E-state index contributed by atoms with van der Waals surface area (Å²) >= 11 is 0. The average Bonchev–Trinajstić information content (AvgIpc) is 3.10. The number of nitrogens with zero attached hydrogens (tertiary/aromatic N) is 4. The third kappa shape index (κ3) is 3.24. The zero-order chi connectivity index (χ0) is 19.7. The Hall–Kier alpha value is -3.55. The van der Waals surface area contributed by atoms with E-state index in [0.29, 0.717) is 27.9 Å². The predicted octanol–water partition coefficient (Wildman–Crippen LogP) is 4.14. The number of benzene rings is 2. The van der Waals surface area contributed by atoms with E-state index in [4.69, 9.17) is 4.74 Å². The van der Waals surface area contributed by atoms with Gasteiger partial charge in [0.25, 0.3) is 6.43 Å². The van der Waals surface area contributed by atoms with Crippen LogP contribution in [0.3, 0.4) is 0 Å². The van der Waals surface area contributed by atoms with Crippen LogP contribution >= 0.6 is 0 Å².